The van der Waals surface area contributed by atoms with E-state index in [9.17, 15) is 0 Å². The average molecular weight is 748 g/mol. The molecule has 6 fully saturated rings. The van der Waals surface area contributed by atoms with Gasteiger partial charge in [0.25, 0.3) is 0 Å². The van der Waals surface area contributed by atoms with Crippen LogP contribution in [0.15, 0.2) is 152 Å². The fourth-order valence-corrected chi connectivity index (χ4v) is 15.6. The molecule has 1 nitrogen and oxygen atoms in total. The fourth-order valence-electron chi connectivity index (χ4n) is 15.6. The molecule has 15 rings (SSSR count). The number of rotatable bonds is 4. The topological polar surface area (TPSA) is 3.24 Å². The average Bonchev–Trinajstić information content (AvgIpc) is 4.03. The van der Waals surface area contributed by atoms with Crippen LogP contribution in [0.2, 0.25) is 0 Å². The van der Waals surface area contributed by atoms with Gasteiger partial charge in [0.15, 0.2) is 0 Å². The van der Waals surface area contributed by atoms with E-state index in [1.165, 1.54) is 119 Å². The maximum atomic E-state index is 2.70. The predicted molar refractivity (Wildman–Crippen MR) is 239 cm³/mol. The van der Waals surface area contributed by atoms with Crippen molar-refractivity contribution in [1.29, 1.82) is 0 Å². The first-order valence-electron chi connectivity index (χ1n) is 22.5. The van der Waals surface area contributed by atoms with Crippen LogP contribution in [0.3, 0.4) is 0 Å². The monoisotopic (exact) mass is 747 g/mol. The number of benzene rings is 7. The molecule has 7 aromatic carbocycles. The predicted octanol–water partition coefficient (Wildman–Crippen LogP) is 14.8. The number of nitrogens with zero attached hydrogens (tertiary/aromatic N) is 1. The summed E-state index contributed by atoms with van der Waals surface area (Å²) in [6, 6.07) is 59.3. The third-order valence-corrected chi connectivity index (χ3v) is 17.3. The molecule has 0 heterocycles. The molecule has 0 N–H and O–H groups in total. The SMILES string of the molecule is c1ccc2c(c1)-c1c(N(c3ccc(-c4cccc5ccccc45)cc3)c3ccc4c(c3)C3(c5ccccc5-4)C4CC5CC(C4)CC3C5)cccc1C21CC2CCC1C2. The van der Waals surface area contributed by atoms with E-state index in [2.05, 4.69) is 157 Å². The normalized spacial score (nSPS) is 29.9. The number of anilines is 3. The Bertz CT molecular complexity index is 2810. The maximum Gasteiger partial charge on any atom is 0.0543 e. The van der Waals surface area contributed by atoms with Crippen molar-refractivity contribution in [3.05, 3.63) is 174 Å². The van der Waals surface area contributed by atoms with Crippen LogP contribution in [0.5, 0.6) is 0 Å². The van der Waals surface area contributed by atoms with Gasteiger partial charge >= 0.3 is 0 Å². The lowest BCUT2D eigenvalue weighted by Crippen LogP contribution is -2.55. The van der Waals surface area contributed by atoms with Gasteiger partial charge in [-0.1, -0.05) is 128 Å². The third kappa shape index (κ3) is 4.08. The minimum Gasteiger partial charge on any atom is -0.310 e. The van der Waals surface area contributed by atoms with E-state index >= 15 is 0 Å². The van der Waals surface area contributed by atoms with Crippen LogP contribution in [0.4, 0.5) is 17.1 Å². The van der Waals surface area contributed by atoms with Crippen molar-refractivity contribution < 1.29 is 0 Å². The van der Waals surface area contributed by atoms with Crippen LogP contribution >= 0.6 is 0 Å². The number of fused-ring (bicyclic) bond motifs is 12. The Balaban J connectivity index is 0.995. The molecule has 0 saturated heterocycles. The zero-order valence-corrected chi connectivity index (χ0v) is 33.2. The maximum absolute atomic E-state index is 2.70. The summed E-state index contributed by atoms with van der Waals surface area (Å²) in [6.07, 6.45) is 12.5. The Morgan fingerprint density at radius 3 is 1.86 bits per heavy atom. The molecule has 0 amide bonds. The Labute approximate surface area is 342 Å². The van der Waals surface area contributed by atoms with E-state index in [-0.39, 0.29) is 10.8 Å². The Kier molecular flexibility index (Phi) is 6.52. The van der Waals surface area contributed by atoms with Crippen LogP contribution in [0, 0.1) is 35.5 Å². The van der Waals surface area contributed by atoms with E-state index in [1.54, 1.807) is 22.3 Å². The molecule has 3 atom stereocenters. The molecule has 8 aliphatic rings. The second kappa shape index (κ2) is 11.6. The van der Waals surface area contributed by atoms with Gasteiger partial charge in [-0.05, 0) is 178 Å². The van der Waals surface area contributed by atoms with Gasteiger partial charge < -0.3 is 4.90 Å². The lowest BCUT2D eigenvalue weighted by Gasteiger charge is -2.61. The van der Waals surface area contributed by atoms with E-state index in [0.29, 0.717) is 0 Å². The van der Waals surface area contributed by atoms with Crippen molar-refractivity contribution in [3.8, 4) is 33.4 Å². The van der Waals surface area contributed by atoms with Gasteiger partial charge in [-0.15, -0.1) is 0 Å². The molecule has 58 heavy (non-hydrogen) atoms. The largest absolute Gasteiger partial charge is 0.310 e. The molecule has 282 valence electrons. The summed E-state index contributed by atoms with van der Waals surface area (Å²) in [5, 5.41) is 2.60. The second-order valence-electron chi connectivity index (χ2n) is 19.7. The zero-order valence-electron chi connectivity index (χ0n) is 33.2. The van der Waals surface area contributed by atoms with Gasteiger partial charge in [-0.2, -0.15) is 0 Å². The minimum atomic E-state index is 0.123. The van der Waals surface area contributed by atoms with E-state index in [4.69, 9.17) is 0 Å². The molecule has 7 aromatic rings. The molecule has 1 heteroatoms. The van der Waals surface area contributed by atoms with Crippen molar-refractivity contribution >= 4 is 27.8 Å². The van der Waals surface area contributed by atoms with E-state index in [1.807, 2.05) is 0 Å². The van der Waals surface area contributed by atoms with Gasteiger partial charge in [0.1, 0.15) is 0 Å². The van der Waals surface area contributed by atoms with Crippen molar-refractivity contribution in [2.75, 3.05) is 4.90 Å². The molecule has 0 radical (unpaired) electrons. The Morgan fingerprint density at radius 2 is 1.07 bits per heavy atom. The number of hydrogen-bond donors (Lipinski definition) is 0. The summed E-state index contributed by atoms with van der Waals surface area (Å²) in [5.41, 5.74) is 19.0. The van der Waals surface area contributed by atoms with Gasteiger partial charge in [0.2, 0.25) is 0 Å². The molecule has 6 saturated carbocycles. The van der Waals surface area contributed by atoms with Crippen LogP contribution in [-0.2, 0) is 10.8 Å². The lowest BCUT2D eigenvalue weighted by molar-refractivity contribution is -0.0399. The molecular weight excluding hydrogens is 699 g/mol. The quantitative estimate of drug-likeness (QED) is 0.173. The smallest absolute Gasteiger partial charge is 0.0543 e. The van der Waals surface area contributed by atoms with Crippen molar-refractivity contribution in [2.45, 2.75) is 68.6 Å². The number of hydrogen-bond acceptors (Lipinski definition) is 1. The van der Waals surface area contributed by atoms with E-state index in [0.717, 1.165) is 35.5 Å². The summed E-state index contributed by atoms with van der Waals surface area (Å²) in [7, 11) is 0. The van der Waals surface area contributed by atoms with Crippen LogP contribution in [0.1, 0.15) is 80.0 Å². The Hall–Kier alpha value is -5.40. The molecule has 0 aliphatic heterocycles. The summed E-state index contributed by atoms with van der Waals surface area (Å²) in [5.74, 6) is 4.91. The molecule has 6 bridgehead atoms. The molecule has 2 spiro atoms. The van der Waals surface area contributed by atoms with E-state index < -0.39 is 0 Å². The first-order chi connectivity index (χ1) is 28.7. The third-order valence-electron chi connectivity index (χ3n) is 17.3. The van der Waals surface area contributed by atoms with Crippen molar-refractivity contribution in [1.82, 2.24) is 0 Å². The van der Waals surface area contributed by atoms with Crippen molar-refractivity contribution in [3.63, 3.8) is 0 Å². The summed E-state index contributed by atoms with van der Waals surface area (Å²) < 4.78 is 0. The molecular formula is C57H49N. The summed E-state index contributed by atoms with van der Waals surface area (Å²) in [6.45, 7) is 0. The summed E-state index contributed by atoms with van der Waals surface area (Å²) >= 11 is 0. The highest BCUT2D eigenvalue weighted by Gasteiger charge is 2.62. The first kappa shape index (κ1) is 32.5. The highest BCUT2D eigenvalue weighted by molar-refractivity contribution is 5.99. The standard InChI is InChI=1S/C57H49N/c1-2-11-45-38(9-1)10-7-14-46(45)39-20-23-43(24-21-39)58(54-18-8-17-52-55(54)49-13-4-5-15-50(49)56(52)34-35-19-22-40(56)28-35)44-25-26-48-47-12-3-6-16-51(47)57(53(48)33-44)41-29-36-27-37(31-41)32-42(57)30-36/h1-18,20-21,23-26,33,35-37,40-42H,19,22,27-32,34H2. The highest BCUT2D eigenvalue weighted by atomic mass is 15.1. The van der Waals surface area contributed by atoms with Gasteiger partial charge in [-0.3, -0.25) is 0 Å². The van der Waals surface area contributed by atoms with Gasteiger partial charge in [-0.25, -0.2) is 0 Å². The zero-order chi connectivity index (χ0) is 37.7. The minimum absolute atomic E-state index is 0.123. The summed E-state index contributed by atoms with van der Waals surface area (Å²) in [4.78, 5) is 2.67. The van der Waals surface area contributed by atoms with Crippen LogP contribution in [0.25, 0.3) is 44.2 Å². The second-order valence-corrected chi connectivity index (χ2v) is 19.7. The lowest BCUT2D eigenvalue weighted by atomic mass is 9.43. The molecule has 0 aromatic heterocycles. The van der Waals surface area contributed by atoms with Gasteiger partial charge in [0, 0.05) is 27.8 Å². The Morgan fingerprint density at radius 1 is 0.431 bits per heavy atom. The first-order valence-corrected chi connectivity index (χ1v) is 22.5. The molecule has 3 unspecified atom stereocenters. The molecule has 8 aliphatic carbocycles. The highest BCUT2D eigenvalue weighted by Crippen LogP contribution is 2.70. The van der Waals surface area contributed by atoms with Crippen LogP contribution in [-0.4, -0.2) is 0 Å². The van der Waals surface area contributed by atoms with Gasteiger partial charge in [0.05, 0.1) is 5.69 Å². The fraction of sp³-hybridized carbons (Fsp3) is 0.298. The van der Waals surface area contributed by atoms with Crippen LogP contribution < -0.4 is 4.90 Å². The van der Waals surface area contributed by atoms with Crippen molar-refractivity contribution in [2.24, 2.45) is 35.5 Å².